The molecule has 2 N–H and O–H groups in total. The second kappa shape index (κ2) is 4.45. The molecular formula is C9H18N2O. The third kappa shape index (κ3) is 2.81. The van der Waals surface area contributed by atoms with Crippen molar-refractivity contribution in [3.8, 4) is 0 Å². The first-order chi connectivity index (χ1) is 5.72. The van der Waals surface area contributed by atoms with E-state index in [4.69, 9.17) is 5.73 Å². The van der Waals surface area contributed by atoms with Gasteiger partial charge in [0.15, 0.2) is 0 Å². The fourth-order valence-electron chi connectivity index (χ4n) is 1.92. The Morgan fingerprint density at radius 1 is 1.67 bits per heavy atom. The van der Waals surface area contributed by atoms with Gasteiger partial charge in [0.25, 0.3) is 0 Å². The Balaban J connectivity index is 2.21. The van der Waals surface area contributed by atoms with Crippen LogP contribution in [0.25, 0.3) is 0 Å². The number of likely N-dealkylation sites (tertiary alicyclic amines) is 1. The van der Waals surface area contributed by atoms with Gasteiger partial charge in [-0.25, -0.2) is 0 Å². The highest BCUT2D eigenvalue weighted by Gasteiger charge is 2.22. The Morgan fingerprint density at radius 3 is 3.00 bits per heavy atom. The first-order valence-electron chi connectivity index (χ1n) is 4.73. The molecule has 0 radical (unpaired) electrons. The van der Waals surface area contributed by atoms with Gasteiger partial charge in [-0.1, -0.05) is 13.3 Å². The van der Waals surface area contributed by atoms with Crippen LogP contribution in [0.2, 0.25) is 0 Å². The number of rotatable bonds is 4. The van der Waals surface area contributed by atoms with Crippen LogP contribution in [0.15, 0.2) is 0 Å². The van der Waals surface area contributed by atoms with Gasteiger partial charge in [-0.3, -0.25) is 9.69 Å². The number of amides is 1. The van der Waals surface area contributed by atoms with Crippen molar-refractivity contribution >= 4 is 5.91 Å². The summed E-state index contributed by atoms with van der Waals surface area (Å²) in [7, 11) is 0. The fourth-order valence-corrected chi connectivity index (χ4v) is 1.92. The maximum absolute atomic E-state index is 10.6. The van der Waals surface area contributed by atoms with Gasteiger partial charge in [0.2, 0.25) is 5.91 Å². The smallest absolute Gasteiger partial charge is 0.231 e. The monoisotopic (exact) mass is 170 g/mol. The van der Waals surface area contributed by atoms with Gasteiger partial charge in [-0.05, 0) is 25.3 Å². The van der Waals surface area contributed by atoms with Crippen molar-refractivity contribution in [3.05, 3.63) is 0 Å². The van der Waals surface area contributed by atoms with E-state index in [1.54, 1.807) is 0 Å². The zero-order valence-corrected chi connectivity index (χ0v) is 7.75. The lowest BCUT2D eigenvalue weighted by Gasteiger charge is -2.12. The Hall–Kier alpha value is -0.570. The molecule has 3 nitrogen and oxygen atoms in total. The number of nitrogens with zero attached hydrogens (tertiary/aromatic N) is 1. The molecule has 3 heteroatoms. The number of carbonyl (C=O) groups is 1. The van der Waals surface area contributed by atoms with Crippen LogP contribution in [0.3, 0.4) is 0 Å². The molecule has 1 amide bonds. The van der Waals surface area contributed by atoms with Gasteiger partial charge < -0.3 is 5.73 Å². The van der Waals surface area contributed by atoms with Crippen molar-refractivity contribution in [2.24, 2.45) is 11.7 Å². The Morgan fingerprint density at radius 2 is 2.42 bits per heavy atom. The molecule has 0 saturated carbocycles. The second-order valence-electron chi connectivity index (χ2n) is 3.64. The Labute approximate surface area is 73.9 Å². The average Bonchev–Trinajstić information content (AvgIpc) is 2.36. The molecule has 1 rings (SSSR count). The SMILES string of the molecule is CCCC1CCN(CC(N)=O)C1. The zero-order chi connectivity index (χ0) is 8.97. The standard InChI is InChI=1S/C9H18N2O/c1-2-3-8-4-5-11(6-8)7-9(10)12/h8H,2-7H2,1H3,(H2,10,12). The summed E-state index contributed by atoms with van der Waals surface area (Å²) in [5, 5.41) is 0. The molecule has 1 aliphatic rings. The quantitative estimate of drug-likeness (QED) is 0.671. The van der Waals surface area contributed by atoms with Crippen LogP contribution in [-0.2, 0) is 4.79 Å². The average molecular weight is 170 g/mol. The lowest BCUT2D eigenvalue weighted by molar-refractivity contribution is -0.118. The lowest BCUT2D eigenvalue weighted by atomic mass is 10.0. The van der Waals surface area contributed by atoms with Gasteiger partial charge in [0.1, 0.15) is 0 Å². The van der Waals surface area contributed by atoms with Crippen LogP contribution in [0, 0.1) is 5.92 Å². The van der Waals surface area contributed by atoms with E-state index in [1.807, 2.05) is 0 Å². The van der Waals surface area contributed by atoms with Gasteiger partial charge >= 0.3 is 0 Å². The first kappa shape index (κ1) is 9.52. The van der Waals surface area contributed by atoms with E-state index in [9.17, 15) is 4.79 Å². The van der Waals surface area contributed by atoms with Gasteiger partial charge in [-0.2, -0.15) is 0 Å². The highest BCUT2D eigenvalue weighted by atomic mass is 16.1. The number of hydrogen-bond acceptors (Lipinski definition) is 2. The molecule has 0 aromatic carbocycles. The Bertz CT molecular complexity index is 159. The van der Waals surface area contributed by atoms with Crippen molar-refractivity contribution in [1.82, 2.24) is 4.90 Å². The minimum atomic E-state index is -0.202. The summed E-state index contributed by atoms with van der Waals surface area (Å²) >= 11 is 0. The minimum Gasteiger partial charge on any atom is -0.369 e. The summed E-state index contributed by atoms with van der Waals surface area (Å²) < 4.78 is 0. The summed E-state index contributed by atoms with van der Waals surface area (Å²) in [6.45, 7) is 4.77. The molecule has 0 aliphatic carbocycles. The second-order valence-corrected chi connectivity index (χ2v) is 3.64. The molecule has 1 atom stereocenters. The van der Waals surface area contributed by atoms with Crippen molar-refractivity contribution in [1.29, 1.82) is 0 Å². The van der Waals surface area contributed by atoms with E-state index in [-0.39, 0.29) is 5.91 Å². The lowest BCUT2D eigenvalue weighted by Crippen LogP contribution is -2.31. The first-order valence-corrected chi connectivity index (χ1v) is 4.73. The fraction of sp³-hybridized carbons (Fsp3) is 0.889. The van der Waals surface area contributed by atoms with Crippen molar-refractivity contribution in [2.75, 3.05) is 19.6 Å². The van der Waals surface area contributed by atoms with E-state index in [0.29, 0.717) is 6.54 Å². The molecule has 1 fully saturated rings. The maximum Gasteiger partial charge on any atom is 0.231 e. The normalized spacial score (nSPS) is 24.6. The number of primary amides is 1. The molecular weight excluding hydrogens is 152 g/mol. The largest absolute Gasteiger partial charge is 0.369 e. The van der Waals surface area contributed by atoms with E-state index >= 15 is 0 Å². The molecule has 0 aromatic rings. The van der Waals surface area contributed by atoms with Crippen molar-refractivity contribution in [2.45, 2.75) is 26.2 Å². The predicted molar refractivity (Wildman–Crippen MR) is 48.6 cm³/mol. The minimum absolute atomic E-state index is 0.202. The molecule has 0 aromatic heterocycles. The van der Waals surface area contributed by atoms with E-state index in [1.165, 1.54) is 19.3 Å². The van der Waals surface area contributed by atoms with Crippen LogP contribution in [0.4, 0.5) is 0 Å². The van der Waals surface area contributed by atoms with Crippen LogP contribution in [0.1, 0.15) is 26.2 Å². The highest BCUT2D eigenvalue weighted by Crippen LogP contribution is 2.19. The third-order valence-electron chi connectivity index (χ3n) is 2.45. The molecule has 1 heterocycles. The van der Waals surface area contributed by atoms with E-state index in [0.717, 1.165) is 19.0 Å². The highest BCUT2D eigenvalue weighted by molar-refractivity contribution is 5.75. The van der Waals surface area contributed by atoms with Gasteiger partial charge in [0, 0.05) is 6.54 Å². The summed E-state index contributed by atoms with van der Waals surface area (Å²) in [6.07, 6.45) is 3.77. The van der Waals surface area contributed by atoms with E-state index in [2.05, 4.69) is 11.8 Å². The van der Waals surface area contributed by atoms with Crippen LogP contribution in [0.5, 0.6) is 0 Å². The van der Waals surface area contributed by atoms with Gasteiger partial charge in [-0.15, -0.1) is 0 Å². The molecule has 0 spiro atoms. The summed E-state index contributed by atoms with van der Waals surface area (Å²) in [5.74, 6) is 0.599. The summed E-state index contributed by atoms with van der Waals surface area (Å²) in [4.78, 5) is 12.8. The molecule has 0 bridgehead atoms. The molecule has 12 heavy (non-hydrogen) atoms. The molecule has 1 unspecified atom stereocenters. The van der Waals surface area contributed by atoms with Crippen LogP contribution >= 0.6 is 0 Å². The molecule has 70 valence electrons. The maximum atomic E-state index is 10.6. The molecule has 1 aliphatic heterocycles. The van der Waals surface area contributed by atoms with E-state index < -0.39 is 0 Å². The van der Waals surface area contributed by atoms with Crippen LogP contribution in [-0.4, -0.2) is 30.4 Å². The number of hydrogen-bond donors (Lipinski definition) is 1. The summed E-state index contributed by atoms with van der Waals surface area (Å²) in [6, 6.07) is 0. The predicted octanol–water partition coefficient (Wildman–Crippen LogP) is 0.594. The zero-order valence-electron chi connectivity index (χ0n) is 7.75. The van der Waals surface area contributed by atoms with Crippen LogP contribution < -0.4 is 5.73 Å². The topological polar surface area (TPSA) is 46.3 Å². The third-order valence-corrected chi connectivity index (χ3v) is 2.45. The Kier molecular flexibility index (Phi) is 3.53. The van der Waals surface area contributed by atoms with Gasteiger partial charge in [0.05, 0.1) is 6.54 Å². The number of carbonyl (C=O) groups excluding carboxylic acids is 1. The summed E-state index contributed by atoms with van der Waals surface area (Å²) in [5.41, 5.74) is 5.11. The molecule has 1 saturated heterocycles. The van der Waals surface area contributed by atoms with Crippen molar-refractivity contribution in [3.63, 3.8) is 0 Å². The number of nitrogens with two attached hydrogens (primary N) is 1. The van der Waals surface area contributed by atoms with Crippen molar-refractivity contribution < 1.29 is 4.79 Å².